The smallest absolute Gasteiger partial charge is 0.251 e. The molecule has 0 aromatic heterocycles. The van der Waals surface area contributed by atoms with Crippen LogP contribution in [-0.4, -0.2) is 25.7 Å². The molecule has 1 aromatic carbocycles. The van der Waals surface area contributed by atoms with Gasteiger partial charge < -0.3 is 10.1 Å². The van der Waals surface area contributed by atoms with Gasteiger partial charge in [-0.15, -0.1) is 0 Å². The lowest BCUT2D eigenvalue weighted by atomic mass is 10.2. The van der Waals surface area contributed by atoms with E-state index in [1.165, 1.54) is 24.3 Å². The molecule has 0 heterocycles. The van der Waals surface area contributed by atoms with Gasteiger partial charge in [-0.05, 0) is 37.1 Å². The molecule has 0 saturated carbocycles. The van der Waals surface area contributed by atoms with Crippen LogP contribution in [-0.2, 0) is 4.74 Å². The molecule has 0 aliphatic rings. The minimum absolute atomic E-state index is 0.180. The molecule has 17 heavy (non-hydrogen) atoms. The molecule has 3 nitrogen and oxygen atoms in total. The summed E-state index contributed by atoms with van der Waals surface area (Å²) in [6.07, 6.45) is 1.79. The fourth-order valence-electron chi connectivity index (χ4n) is 1.33. The van der Waals surface area contributed by atoms with Crippen LogP contribution in [0.15, 0.2) is 24.3 Å². The van der Waals surface area contributed by atoms with E-state index >= 15 is 0 Å². The van der Waals surface area contributed by atoms with E-state index in [4.69, 9.17) is 4.74 Å². The number of nitrogens with one attached hydrogen (secondary N) is 1. The fourth-order valence-corrected chi connectivity index (χ4v) is 1.33. The summed E-state index contributed by atoms with van der Waals surface area (Å²) in [5, 5.41) is 2.75. The monoisotopic (exact) mass is 239 g/mol. The standard InChI is InChI=1S/C13H18FNO2/c1-2-9-17-10-3-8-15-13(16)11-4-6-12(14)7-5-11/h4-7H,2-3,8-10H2,1H3,(H,15,16). The number of halogens is 1. The number of hydrogen-bond acceptors (Lipinski definition) is 2. The van der Waals surface area contributed by atoms with Gasteiger partial charge >= 0.3 is 0 Å². The van der Waals surface area contributed by atoms with Crippen molar-refractivity contribution in [2.75, 3.05) is 19.8 Å². The van der Waals surface area contributed by atoms with Crippen molar-refractivity contribution in [2.24, 2.45) is 0 Å². The molecule has 0 aliphatic heterocycles. The maximum Gasteiger partial charge on any atom is 0.251 e. The van der Waals surface area contributed by atoms with Crippen LogP contribution >= 0.6 is 0 Å². The first-order valence-corrected chi connectivity index (χ1v) is 5.85. The van der Waals surface area contributed by atoms with Crippen LogP contribution in [0.3, 0.4) is 0 Å². The summed E-state index contributed by atoms with van der Waals surface area (Å²) in [4.78, 5) is 11.6. The van der Waals surface area contributed by atoms with Gasteiger partial charge in [0.15, 0.2) is 0 Å². The van der Waals surface area contributed by atoms with Crippen LogP contribution in [0.5, 0.6) is 0 Å². The lowest BCUT2D eigenvalue weighted by Crippen LogP contribution is -2.25. The zero-order valence-electron chi connectivity index (χ0n) is 10.0. The molecule has 1 rings (SSSR count). The molecule has 0 fully saturated rings. The number of ether oxygens (including phenoxy) is 1. The summed E-state index contributed by atoms with van der Waals surface area (Å²) in [7, 11) is 0. The van der Waals surface area contributed by atoms with Crippen molar-refractivity contribution < 1.29 is 13.9 Å². The average Bonchev–Trinajstić information content (AvgIpc) is 2.34. The molecule has 4 heteroatoms. The van der Waals surface area contributed by atoms with E-state index < -0.39 is 0 Å². The van der Waals surface area contributed by atoms with Gasteiger partial charge in [-0.3, -0.25) is 4.79 Å². The molecule has 0 aliphatic carbocycles. The first-order valence-electron chi connectivity index (χ1n) is 5.85. The van der Waals surface area contributed by atoms with Gasteiger partial charge in [0.05, 0.1) is 0 Å². The van der Waals surface area contributed by atoms with Crippen LogP contribution < -0.4 is 5.32 Å². The Morgan fingerprint density at radius 2 is 2.00 bits per heavy atom. The lowest BCUT2D eigenvalue weighted by molar-refractivity contribution is 0.0941. The largest absolute Gasteiger partial charge is 0.381 e. The Labute approximate surface area is 101 Å². The second-order valence-corrected chi connectivity index (χ2v) is 3.73. The Balaban J connectivity index is 2.19. The van der Waals surface area contributed by atoms with Crippen molar-refractivity contribution >= 4 is 5.91 Å². The highest BCUT2D eigenvalue weighted by Crippen LogP contribution is 2.02. The highest BCUT2D eigenvalue weighted by atomic mass is 19.1. The Morgan fingerprint density at radius 3 is 2.65 bits per heavy atom. The molecule has 0 bridgehead atoms. The quantitative estimate of drug-likeness (QED) is 0.742. The van der Waals surface area contributed by atoms with Gasteiger partial charge in [-0.1, -0.05) is 6.92 Å². The van der Waals surface area contributed by atoms with E-state index in [-0.39, 0.29) is 11.7 Å². The Morgan fingerprint density at radius 1 is 1.29 bits per heavy atom. The van der Waals surface area contributed by atoms with Gasteiger partial charge in [0.2, 0.25) is 0 Å². The Bertz CT molecular complexity index is 338. The number of rotatable bonds is 7. The topological polar surface area (TPSA) is 38.3 Å². The van der Waals surface area contributed by atoms with Crippen LogP contribution in [0, 0.1) is 5.82 Å². The second kappa shape index (κ2) is 7.79. The summed E-state index contributed by atoms with van der Waals surface area (Å²) in [6, 6.07) is 5.50. The second-order valence-electron chi connectivity index (χ2n) is 3.73. The average molecular weight is 239 g/mol. The van der Waals surface area contributed by atoms with E-state index in [0.29, 0.717) is 18.7 Å². The fraction of sp³-hybridized carbons (Fsp3) is 0.462. The minimum Gasteiger partial charge on any atom is -0.381 e. The van der Waals surface area contributed by atoms with Crippen LogP contribution in [0.1, 0.15) is 30.1 Å². The first kappa shape index (κ1) is 13.6. The highest BCUT2D eigenvalue weighted by molar-refractivity contribution is 5.94. The molecule has 1 aromatic rings. The van der Waals surface area contributed by atoms with Crippen LogP contribution in [0.2, 0.25) is 0 Å². The van der Waals surface area contributed by atoms with E-state index in [2.05, 4.69) is 12.2 Å². The summed E-state index contributed by atoms with van der Waals surface area (Å²) in [5.41, 5.74) is 0.473. The van der Waals surface area contributed by atoms with Crippen molar-refractivity contribution in [2.45, 2.75) is 19.8 Å². The third-order valence-electron chi connectivity index (χ3n) is 2.21. The van der Waals surface area contributed by atoms with Gasteiger partial charge in [-0.2, -0.15) is 0 Å². The van der Waals surface area contributed by atoms with Gasteiger partial charge in [0.25, 0.3) is 5.91 Å². The summed E-state index contributed by atoms with van der Waals surface area (Å²) in [6.45, 7) is 4.03. The third kappa shape index (κ3) is 5.45. The van der Waals surface area contributed by atoms with Crippen molar-refractivity contribution in [3.63, 3.8) is 0 Å². The maximum absolute atomic E-state index is 12.6. The van der Waals surface area contributed by atoms with Crippen LogP contribution in [0.4, 0.5) is 4.39 Å². The number of hydrogen-bond donors (Lipinski definition) is 1. The van der Waals surface area contributed by atoms with Crippen molar-refractivity contribution in [1.82, 2.24) is 5.32 Å². The predicted octanol–water partition coefficient (Wildman–Crippen LogP) is 2.37. The lowest BCUT2D eigenvalue weighted by Gasteiger charge is -2.05. The number of benzene rings is 1. The minimum atomic E-state index is -0.338. The molecule has 0 atom stereocenters. The SMILES string of the molecule is CCCOCCCNC(=O)c1ccc(F)cc1. The number of carbonyl (C=O) groups is 1. The molecule has 0 saturated heterocycles. The van der Waals surface area contributed by atoms with Crippen molar-refractivity contribution in [1.29, 1.82) is 0 Å². The van der Waals surface area contributed by atoms with Crippen LogP contribution in [0.25, 0.3) is 0 Å². The molecular weight excluding hydrogens is 221 g/mol. The Kier molecular flexibility index (Phi) is 6.25. The molecule has 0 radical (unpaired) electrons. The van der Waals surface area contributed by atoms with E-state index in [9.17, 15) is 9.18 Å². The zero-order chi connectivity index (χ0) is 12.5. The Hall–Kier alpha value is -1.42. The molecule has 94 valence electrons. The van der Waals surface area contributed by atoms with Gasteiger partial charge in [0.1, 0.15) is 5.82 Å². The molecule has 1 amide bonds. The highest BCUT2D eigenvalue weighted by Gasteiger charge is 2.03. The van der Waals surface area contributed by atoms with Crippen molar-refractivity contribution in [3.8, 4) is 0 Å². The summed E-state index contributed by atoms with van der Waals surface area (Å²) >= 11 is 0. The molecular formula is C13H18FNO2. The van der Waals surface area contributed by atoms with Gasteiger partial charge in [0, 0.05) is 25.3 Å². The summed E-state index contributed by atoms with van der Waals surface area (Å²) < 4.78 is 17.9. The first-order chi connectivity index (χ1) is 8.24. The normalized spacial score (nSPS) is 10.2. The zero-order valence-corrected chi connectivity index (χ0v) is 10.0. The number of amides is 1. The van der Waals surface area contributed by atoms with E-state index in [0.717, 1.165) is 19.4 Å². The number of carbonyl (C=O) groups excluding carboxylic acids is 1. The third-order valence-corrected chi connectivity index (χ3v) is 2.21. The van der Waals surface area contributed by atoms with Crippen molar-refractivity contribution in [3.05, 3.63) is 35.6 Å². The molecule has 1 N–H and O–H groups in total. The summed E-state index contributed by atoms with van der Waals surface area (Å²) in [5.74, 6) is -0.519. The van der Waals surface area contributed by atoms with E-state index in [1.54, 1.807) is 0 Å². The molecule has 0 spiro atoms. The molecule has 0 unspecified atom stereocenters. The van der Waals surface area contributed by atoms with Gasteiger partial charge in [-0.25, -0.2) is 4.39 Å². The van der Waals surface area contributed by atoms with E-state index in [1.807, 2.05) is 0 Å². The maximum atomic E-state index is 12.6. The predicted molar refractivity (Wildman–Crippen MR) is 64.5 cm³/mol.